The summed E-state index contributed by atoms with van der Waals surface area (Å²) in [6, 6.07) is -1.15. The minimum atomic E-state index is -1.15. The average molecular weight is 473 g/mol. The summed E-state index contributed by atoms with van der Waals surface area (Å²) in [6.07, 6.45) is 1.23. The van der Waals surface area contributed by atoms with Gasteiger partial charge in [-0.1, -0.05) is 13.3 Å². The first kappa shape index (κ1) is 30.2. The van der Waals surface area contributed by atoms with Crippen molar-refractivity contribution >= 4 is 35.3 Å². The Morgan fingerprint density at radius 3 is 1.94 bits per heavy atom. The first-order valence-corrected chi connectivity index (χ1v) is 11.2. The van der Waals surface area contributed by atoms with Crippen molar-refractivity contribution in [1.29, 1.82) is 0 Å². The number of carbonyl (C=O) groups excluding carboxylic acids is 4. The number of unbranched alkanes of at least 4 members (excludes halogenated alkanes) is 1. The van der Waals surface area contributed by atoms with Crippen LogP contribution in [0.5, 0.6) is 0 Å². The molecule has 33 heavy (non-hydrogen) atoms. The number of aliphatic hydroxyl groups is 1. The number of rotatable bonds is 19. The second-order valence-electron chi connectivity index (χ2n) is 8.05. The fraction of sp³-hybridized carbons (Fsp3) is 0.727. The summed E-state index contributed by atoms with van der Waals surface area (Å²) in [7, 11) is 0. The van der Waals surface area contributed by atoms with Crippen molar-refractivity contribution in [3.63, 3.8) is 0 Å². The van der Waals surface area contributed by atoms with E-state index in [0.717, 1.165) is 0 Å². The average Bonchev–Trinajstić information content (AvgIpc) is 2.75. The molecule has 0 aliphatic heterocycles. The largest absolute Gasteiger partial charge is 0.481 e. The number of nitrogens with one attached hydrogen (secondary N) is 2. The van der Waals surface area contributed by atoms with Crippen LogP contribution in [0.2, 0.25) is 0 Å². The zero-order chi connectivity index (χ0) is 25.4. The van der Waals surface area contributed by atoms with E-state index in [1.807, 2.05) is 6.92 Å². The molecule has 5 N–H and O–H groups in total. The summed E-state index contributed by atoms with van der Waals surface area (Å²) in [4.78, 5) is 69.9. The maximum atomic E-state index is 12.6. The molecule has 0 aliphatic carbocycles. The van der Waals surface area contributed by atoms with Crippen LogP contribution in [0.3, 0.4) is 0 Å². The van der Waals surface area contributed by atoms with Gasteiger partial charge in [0.25, 0.3) is 0 Å². The van der Waals surface area contributed by atoms with Gasteiger partial charge in [-0.05, 0) is 39.0 Å². The molecule has 0 bridgehead atoms. The van der Waals surface area contributed by atoms with Gasteiger partial charge in [0.1, 0.15) is 18.4 Å². The van der Waals surface area contributed by atoms with Gasteiger partial charge in [-0.15, -0.1) is 0 Å². The second kappa shape index (κ2) is 16.8. The molecule has 0 rings (SSSR count). The number of hydrogen-bond acceptors (Lipinski definition) is 7. The highest BCUT2D eigenvalue weighted by Crippen LogP contribution is 2.15. The van der Waals surface area contributed by atoms with Gasteiger partial charge < -0.3 is 30.7 Å². The monoisotopic (exact) mass is 472 g/mol. The van der Waals surface area contributed by atoms with Crippen molar-refractivity contribution in [2.45, 2.75) is 77.7 Å². The van der Waals surface area contributed by atoms with Crippen molar-refractivity contribution in [2.75, 3.05) is 13.2 Å². The standard InChI is InChI=1S/C22H36N2O9/c1-3-15(18(27)13-25)6-4-5-11-23-22(33)17(8-10-20(30)31)24-21(32)16(12-14(2)26)7-9-19(28)29/h15-17,25H,3-13H2,1-2H3,(H,23,33)(H,24,32)(H,28,29)(H,30,31)/t15-,16+,17-/m0/s1. The predicted octanol–water partition coefficient (Wildman–Crippen LogP) is 0.670. The Hall–Kier alpha value is -2.82. The van der Waals surface area contributed by atoms with E-state index < -0.39 is 42.3 Å². The fourth-order valence-corrected chi connectivity index (χ4v) is 3.37. The van der Waals surface area contributed by atoms with Crippen LogP contribution in [-0.2, 0) is 28.8 Å². The summed E-state index contributed by atoms with van der Waals surface area (Å²) < 4.78 is 0. The highest BCUT2D eigenvalue weighted by molar-refractivity contribution is 5.91. The fourth-order valence-electron chi connectivity index (χ4n) is 3.37. The molecule has 0 saturated heterocycles. The van der Waals surface area contributed by atoms with Gasteiger partial charge in [-0.3, -0.25) is 24.0 Å². The first-order chi connectivity index (χ1) is 15.5. The molecule has 0 unspecified atom stereocenters. The lowest BCUT2D eigenvalue weighted by atomic mass is 9.95. The Bertz CT molecular complexity index is 693. The third-order valence-electron chi connectivity index (χ3n) is 5.27. The lowest BCUT2D eigenvalue weighted by molar-refractivity contribution is -0.140. The lowest BCUT2D eigenvalue weighted by Gasteiger charge is -2.21. The van der Waals surface area contributed by atoms with E-state index in [1.54, 1.807) is 0 Å². The number of ketones is 2. The molecule has 188 valence electrons. The Labute approximate surface area is 193 Å². The highest BCUT2D eigenvalue weighted by Gasteiger charge is 2.27. The van der Waals surface area contributed by atoms with Gasteiger partial charge in [-0.2, -0.15) is 0 Å². The summed E-state index contributed by atoms with van der Waals surface area (Å²) in [5.74, 6) is -5.23. The van der Waals surface area contributed by atoms with Gasteiger partial charge in [0.15, 0.2) is 5.78 Å². The molecule has 0 radical (unpaired) electrons. The van der Waals surface area contributed by atoms with Gasteiger partial charge in [0.05, 0.1) is 0 Å². The van der Waals surface area contributed by atoms with Gasteiger partial charge in [-0.25, -0.2) is 0 Å². The minimum Gasteiger partial charge on any atom is -0.481 e. The van der Waals surface area contributed by atoms with Crippen molar-refractivity contribution in [3.05, 3.63) is 0 Å². The molecule has 11 nitrogen and oxygen atoms in total. The number of aliphatic carboxylic acids is 2. The van der Waals surface area contributed by atoms with Crippen LogP contribution < -0.4 is 10.6 Å². The van der Waals surface area contributed by atoms with Crippen LogP contribution in [0.25, 0.3) is 0 Å². The van der Waals surface area contributed by atoms with Crippen molar-refractivity contribution in [1.82, 2.24) is 10.6 Å². The molecule has 3 atom stereocenters. The normalized spacial score (nSPS) is 13.4. The van der Waals surface area contributed by atoms with E-state index in [4.69, 9.17) is 15.3 Å². The zero-order valence-electron chi connectivity index (χ0n) is 19.3. The molecule has 0 heterocycles. The number of carbonyl (C=O) groups is 6. The van der Waals surface area contributed by atoms with E-state index in [2.05, 4.69) is 10.6 Å². The topological polar surface area (TPSA) is 187 Å². The molecule has 2 amide bonds. The number of Topliss-reactive ketones (excluding diaryl/α,β-unsaturated/α-hetero) is 2. The zero-order valence-corrected chi connectivity index (χ0v) is 19.3. The van der Waals surface area contributed by atoms with E-state index in [0.29, 0.717) is 25.7 Å². The number of carboxylic acids is 2. The summed E-state index contributed by atoms with van der Waals surface area (Å²) in [5, 5.41) is 31.8. The molecule has 11 heteroatoms. The third kappa shape index (κ3) is 14.0. The van der Waals surface area contributed by atoms with E-state index in [-0.39, 0.29) is 56.1 Å². The lowest BCUT2D eigenvalue weighted by Crippen LogP contribution is -2.49. The predicted molar refractivity (Wildman–Crippen MR) is 117 cm³/mol. The molecule has 0 aromatic rings. The summed E-state index contributed by atoms with van der Waals surface area (Å²) >= 11 is 0. The highest BCUT2D eigenvalue weighted by atomic mass is 16.4. The Morgan fingerprint density at radius 1 is 0.818 bits per heavy atom. The molecular weight excluding hydrogens is 436 g/mol. The molecular formula is C22H36N2O9. The first-order valence-electron chi connectivity index (χ1n) is 11.2. The number of hydrogen-bond donors (Lipinski definition) is 5. The maximum Gasteiger partial charge on any atom is 0.303 e. The van der Waals surface area contributed by atoms with Gasteiger partial charge in [0.2, 0.25) is 11.8 Å². The molecule has 0 aromatic heterocycles. The number of aliphatic hydroxyl groups excluding tert-OH is 1. The molecule has 0 saturated carbocycles. The van der Waals surface area contributed by atoms with Crippen LogP contribution in [-0.4, -0.2) is 69.8 Å². The van der Waals surface area contributed by atoms with Gasteiger partial charge in [0, 0.05) is 37.6 Å². The van der Waals surface area contributed by atoms with E-state index in [9.17, 15) is 28.8 Å². The van der Waals surface area contributed by atoms with E-state index >= 15 is 0 Å². The molecule has 0 aromatic carbocycles. The smallest absolute Gasteiger partial charge is 0.303 e. The minimum absolute atomic E-state index is 0.0842. The molecule has 0 aliphatic rings. The molecule has 0 fully saturated rings. The van der Waals surface area contributed by atoms with Crippen LogP contribution in [0.15, 0.2) is 0 Å². The number of amides is 2. The third-order valence-corrected chi connectivity index (χ3v) is 5.27. The Balaban J connectivity index is 4.90. The van der Waals surface area contributed by atoms with Crippen molar-refractivity contribution < 1.29 is 44.1 Å². The van der Waals surface area contributed by atoms with Crippen LogP contribution in [0.1, 0.15) is 71.6 Å². The van der Waals surface area contributed by atoms with Crippen LogP contribution in [0.4, 0.5) is 0 Å². The SMILES string of the molecule is CC[C@@H](CCCCNC(=O)[C@H](CCC(=O)O)NC(=O)[C@H](CCC(=O)O)CC(C)=O)C(=O)CO. The quantitative estimate of drug-likeness (QED) is 0.168. The maximum absolute atomic E-state index is 12.6. The molecule has 0 spiro atoms. The van der Waals surface area contributed by atoms with Crippen LogP contribution >= 0.6 is 0 Å². The van der Waals surface area contributed by atoms with Crippen molar-refractivity contribution in [2.24, 2.45) is 11.8 Å². The summed E-state index contributed by atoms with van der Waals surface area (Å²) in [5.41, 5.74) is 0. The van der Waals surface area contributed by atoms with Gasteiger partial charge >= 0.3 is 11.9 Å². The Kier molecular flexibility index (Phi) is 15.3. The van der Waals surface area contributed by atoms with E-state index in [1.165, 1.54) is 6.92 Å². The van der Waals surface area contributed by atoms with Crippen LogP contribution in [0, 0.1) is 11.8 Å². The number of carboxylic acid groups (broad SMARTS) is 2. The summed E-state index contributed by atoms with van der Waals surface area (Å²) in [6.45, 7) is 2.87. The Morgan fingerprint density at radius 2 is 1.42 bits per heavy atom. The second-order valence-corrected chi connectivity index (χ2v) is 8.05. The van der Waals surface area contributed by atoms with Crippen molar-refractivity contribution in [3.8, 4) is 0 Å².